The Hall–Kier alpha value is 0.490. The molecular weight excluding hydrogens is 197 g/mol. The molecule has 3 nitrogen and oxygen atoms in total. The van der Waals surface area contributed by atoms with Gasteiger partial charge in [0.05, 0.1) is 0 Å². The van der Waals surface area contributed by atoms with Crippen LogP contribution in [0.25, 0.3) is 0 Å². The van der Waals surface area contributed by atoms with Gasteiger partial charge >= 0.3 is 0 Å². The highest BCUT2D eigenvalue weighted by Gasteiger charge is 2.41. The minimum absolute atomic E-state index is 0.297. The van der Waals surface area contributed by atoms with E-state index in [4.69, 9.17) is 23.2 Å². The van der Waals surface area contributed by atoms with Gasteiger partial charge in [-0.1, -0.05) is 23.2 Å². The molecule has 1 fully saturated rings. The highest BCUT2D eigenvalue weighted by molar-refractivity contribution is 7.93. The molecule has 0 saturated carbocycles. The average Bonchev–Trinajstić information content (AvgIpc) is 1.77. The fourth-order valence-corrected chi connectivity index (χ4v) is 2.37. The van der Waals surface area contributed by atoms with Gasteiger partial charge in [0, 0.05) is 6.54 Å². The zero-order chi connectivity index (χ0) is 7.83. The Morgan fingerprint density at radius 2 is 2.00 bits per heavy atom. The molecule has 0 atom stereocenters. The van der Waals surface area contributed by atoms with Gasteiger partial charge in [-0.15, -0.1) is 0 Å². The topological polar surface area (TPSA) is 46.2 Å². The van der Waals surface area contributed by atoms with Gasteiger partial charge in [-0.3, -0.25) is 0 Å². The highest BCUT2D eigenvalue weighted by Crippen LogP contribution is 2.34. The van der Waals surface area contributed by atoms with Crippen LogP contribution in [0.2, 0.25) is 0 Å². The van der Waals surface area contributed by atoms with Crippen molar-refractivity contribution in [1.82, 2.24) is 4.72 Å². The van der Waals surface area contributed by atoms with Gasteiger partial charge in [-0.2, -0.15) is 0 Å². The molecule has 1 heterocycles. The Bertz CT molecular complexity index is 223. The van der Waals surface area contributed by atoms with E-state index in [0.717, 1.165) is 0 Å². The molecular formula is C4H7Cl2NO2S. The first-order valence-electron chi connectivity index (χ1n) is 2.83. The Balaban J connectivity index is 2.92. The fourth-order valence-electron chi connectivity index (χ4n) is 0.741. The number of nitrogens with one attached hydrogen (secondary N) is 1. The molecule has 1 N–H and O–H groups in total. The smallest absolute Gasteiger partial charge is 0.213 e. The number of halogens is 2. The number of rotatable bonds is 0. The summed E-state index contributed by atoms with van der Waals surface area (Å²) < 4.78 is 22.5. The molecule has 0 aromatic carbocycles. The molecule has 0 aromatic heterocycles. The van der Waals surface area contributed by atoms with Crippen LogP contribution in [0.15, 0.2) is 0 Å². The summed E-state index contributed by atoms with van der Waals surface area (Å²) in [4.78, 5) is 0. The van der Waals surface area contributed by atoms with Crippen molar-refractivity contribution in [3.63, 3.8) is 0 Å². The van der Waals surface area contributed by atoms with Gasteiger partial charge in [0.15, 0.2) is 0 Å². The quantitative estimate of drug-likeness (QED) is 0.594. The first-order chi connectivity index (χ1) is 4.46. The van der Waals surface area contributed by atoms with Crippen molar-refractivity contribution in [1.29, 1.82) is 0 Å². The molecule has 60 valence electrons. The number of hydrogen-bond acceptors (Lipinski definition) is 2. The lowest BCUT2D eigenvalue weighted by Gasteiger charge is -2.24. The van der Waals surface area contributed by atoms with Gasteiger partial charge in [-0.25, -0.2) is 13.1 Å². The van der Waals surface area contributed by atoms with Gasteiger partial charge in [0.1, 0.15) is 0 Å². The molecule has 6 heteroatoms. The summed E-state index contributed by atoms with van der Waals surface area (Å²) in [7, 11) is -3.48. The van der Waals surface area contributed by atoms with E-state index in [9.17, 15) is 8.42 Å². The molecule has 1 aliphatic rings. The summed E-state index contributed by atoms with van der Waals surface area (Å²) in [6, 6.07) is 0. The monoisotopic (exact) mass is 203 g/mol. The van der Waals surface area contributed by atoms with Crippen LogP contribution in [0.4, 0.5) is 0 Å². The zero-order valence-electron chi connectivity index (χ0n) is 5.10. The van der Waals surface area contributed by atoms with E-state index in [-0.39, 0.29) is 0 Å². The van der Waals surface area contributed by atoms with E-state index >= 15 is 0 Å². The molecule has 0 spiro atoms. The molecule has 1 aliphatic heterocycles. The lowest BCUT2D eigenvalue weighted by molar-refractivity contribution is 0.543. The summed E-state index contributed by atoms with van der Waals surface area (Å²) in [6.07, 6.45) is 0.984. The largest absolute Gasteiger partial charge is 0.245 e. The molecule has 1 saturated heterocycles. The zero-order valence-corrected chi connectivity index (χ0v) is 7.43. The fraction of sp³-hybridized carbons (Fsp3) is 1.00. The maximum Gasteiger partial charge on any atom is 0.245 e. The van der Waals surface area contributed by atoms with Crippen LogP contribution in [0.3, 0.4) is 0 Å². The SMILES string of the molecule is O=S1(=O)NCCCC1(Cl)Cl. The van der Waals surface area contributed by atoms with E-state index in [1.807, 2.05) is 0 Å². The molecule has 0 amide bonds. The Morgan fingerprint density at radius 1 is 1.40 bits per heavy atom. The second-order valence-electron chi connectivity index (χ2n) is 2.14. The first kappa shape index (κ1) is 8.59. The van der Waals surface area contributed by atoms with Crippen molar-refractivity contribution in [2.45, 2.75) is 16.5 Å². The van der Waals surface area contributed by atoms with Crippen LogP contribution in [0.1, 0.15) is 12.8 Å². The number of alkyl halides is 2. The van der Waals surface area contributed by atoms with Crippen LogP contribution < -0.4 is 4.72 Å². The minimum Gasteiger partial charge on any atom is -0.213 e. The highest BCUT2D eigenvalue weighted by atomic mass is 35.5. The van der Waals surface area contributed by atoms with Crippen LogP contribution in [-0.2, 0) is 10.0 Å². The number of sulfonamides is 1. The summed E-state index contributed by atoms with van der Waals surface area (Å²) in [5.74, 6) is 0. The molecule has 1 rings (SSSR count). The van der Waals surface area contributed by atoms with Gasteiger partial charge in [0.2, 0.25) is 13.7 Å². The third-order valence-electron chi connectivity index (χ3n) is 1.33. The van der Waals surface area contributed by atoms with Gasteiger partial charge in [0.25, 0.3) is 0 Å². The van der Waals surface area contributed by atoms with Crippen molar-refractivity contribution < 1.29 is 8.42 Å². The van der Waals surface area contributed by atoms with E-state index in [1.54, 1.807) is 0 Å². The Morgan fingerprint density at radius 3 is 2.30 bits per heavy atom. The van der Waals surface area contributed by atoms with E-state index in [1.165, 1.54) is 0 Å². The van der Waals surface area contributed by atoms with Crippen LogP contribution >= 0.6 is 23.2 Å². The summed E-state index contributed by atoms with van der Waals surface area (Å²) >= 11 is 11.0. The third kappa shape index (κ3) is 1.39. The van der Waals surface area contributed by atoms with E-state index in [0.29, 0.717) is 19.4 Å². The predicted molar refractivity (Wildman–Crippen MR) is 40.6 cm³/mol. The van der Waals surface area contributed by atoms with Crippen LogP contribution in [0, 0.1) is 0 Å². The summed E-state index contributed by atoms with van der Waals surface area (Å²) in [5, 5.41) is 0. The molecule has 0 bridgehead atoms. The third-order valence-corrected chi connectivity index (χ3v) is 4.50. The van der Waals surface area contributed by atoms with Crippen molar-refractivity contribution in [2.75, 3.05) is 6.54 Å². The number of hydrogen-bond donors (Lipinski definition) is 1. The van der Waals surface area contributed by atoms with Crippen LogP contribution in [0.5, 0.6) is 0 Å². The molecule has 0 radical (unpaired) electrons. The first-order valence-corrected chi connectivity index (χ1v) is 5.07. The van der Waals surface area contributed by atoms with E-state index in [2.05, 4.69) is 4.72 Å². The minimum atomic E-state index is -3.48. The van der Waals surface area contributed by atoms with Crippen molar-refractivity contribution in [3.8, 4) is 0 Å². The molecule has 0 unspecified atom stereocenters. The van der Waals surface area contributed by atoms with Gasteiger partial charge < -0.3 is 0 Å². The Kier molecular flexibility index (Phi) is 2.16. The second-order valence-corrected chi connectivity index (χ2v) is 6.06. The van der Waals surface area contributed by atoms with Crippen molar-refractivity contribution in [2.24, 2.45) is 0 Å². The predicted octanol–water partition coefficient (Wildman–Crippen LogP) is 0.831. The molecule has 0 aromatic rings. The standard InChI is InChI=1S/C4H7Cl2NO2S/c5-4(6)2-1-3-7-10(4,8)9/h7H,1-3H2. The van der Waals surface area contributed by atoms with E-state index < -0.39 is 13.7 Å². The normalized spacial score (nSPS) is 29.8. The maximum absolute atomic E-state index is 10.9. The van der Waals surface area contributed by atoms with Crippen molar-refractivity contribution >= 4 is 33.2 Å². The molecule has 0 aliphatic carbocycles. The summed E-state index contributed by atoms with van der Waals surface area (Å²) in [6.45, 7) is 0.434. The van der Waals surface area contributed by atoms with Crippen LogP contribution in [-0.4, -0.2) is 18.6 Å². The average molecular weight is 204 g/mol. The molecule has 10 heavy (non-hydrogen) atoms. The Labute approximate surface area is 69.7 Å². The lowest BCUT2D eigenvalue weighted by Crippen LogP contribution is -2.43. The van der Waals surface area contributed by atoms with Gasteiger partial charge in [-0.05, 0) is 12.8 Å². The summed E-state index contributed by atoms with van der Waals surface area (Å²) in [5.41, 5.74) is 0. The lowest BCUT2D eigenvalue weighted by atomic mass is 10.3. The maximum atomic E-state index is 10.9. The second kappa shape index (κ2) is 2.52. The van der Waals surface area contributed by atoms with Crippen molar-refractivity contribution in [3.05, 3.63) is 0 Å².